The minimum atomic E-state index is -1.16. The van der Waals surface area contributed by atoms with E-state index in [0.717, 1.165) is 15.7 Å². The molecule has 0 aliphatic rings. The van der Waals surface area contributed by atoms with Gasteiger partial charge in [0.05, 0.1) is 6.33 Å². The van der Waals surface area contributed by atoms with E-state index in [-0.39, 0.29) is 11.2 Å². The fourth-order valence-corrected chi connectivity index (χ4v) is 3.65. The molecule has 10 heteroatoms. The lowest BCUT2D eigenvalue weighted by Crippen LogP contribution is -2.42. The number of hydrogen-bond donors (Lipinski definition) is 1. The van der Waals surface area contributed by atoms with E-state index >= 15 is 0 Å². The number of hydrogen-bond acceptors (Lipinski definition) is 6. The van der Waals surface area contributed by atoms with Crippen LogP contribution in [-0.2, 0) is 35.0 Å². The molecule has 1 unspecified atom stereocenters. The summed E-state index contributed by atoms with van der Waals surface area (Å²) in [6, 6.07) is 16.8. The Hall–Kier alpha value is -4.47. The van der Waals surface area contributed by atoms with Crippen LogP contribution in [0.25, 0.3) is 22.3 Å². The fraction of sp³-hybridized carbons (Fsp3) is 0.208. The highest BCUT2D eigenvalue weighted by Crippen LogP contribution is 2.27. The number of imidazole rings is 1. The fourth-order valence-electron chi connectivity index (χ4n) is 3.65. The zero-order valence-electron chi connectivity index (χ0n) is 18.9. The Bertz CT molecular complexity index is 1500. The van der Waals surface area contributed by atoms with Gasteiger partial charge in [0, 0.05) is 25.3 Å². The molecule has 174 valence electrons. The molecule has 0 fully saturated rings. The van der Waals surface area contributed by atoms with Crippen LogP contribution in [0.5, 0.6) is 0 Å². The number of benzene rings is 2. The van der Waals surface area contributed by atoms with Crippen LogP contribution in [0, 0.1) is 0 Å². The minimum absolute atomic E-state index is 0.179. The van der Waals surface area contributed by atoms with Gasteiger partial charge in [0.1, 0.15) is 6.54 Å². The second-order valence-corrected chi connectivity index (χ2v) is 7.79. The Balaban J connectivity index is 1.50. The predicted molar refractivity (Wildman–Crippen MR) is 126 cm³/mol. The Kier molecular flexibility index (Phi) is 6.13. The molecule has 0 saturated carbocycles. The lowest BCUT2D eigenvalue weighted by molar-refractivity contribution is -0.153. The van der Waals surface area contributed by atoms with Crippen molar-refractivity contribution in [3.8, 4) is 11.1 Å². The molecule has 0 bridgehead atoms. The molecule has 1 N–H and O–H groups in total. The van der Waals surface area contributed by atoms with Gasteiger partial charge < -0.3 is 14.6 Å². The smallest absolute Gasteiger partial charge is 0.333 e. The van der Waals surface area contributed by atoms with Gasteiger partial charge in [0.15, 0.2) is 17.3 Å². The molecule has 1 atom stereocenters. The van der Waals surface area contributed by atoms with Gasteiger partial charge in [-0.2, -0.15) is 0 Å². The first-order valence-corrected chi connectivity index (χ1v) is 10.5. The van der Waals surface area contributed by atoms with Crippen LogP contribution in [0.1, 0.15) is 6.92 Å². The van der Waals surface area contributed by atoms with Gasteiger partial charge in [0.2, 0.25) is 0 Å². The summed E-state index contributed by atoms with van der Waals surface area (Å²) >= 11 is 0. The average molecular weight is 461 g/mol. The second-order valence-electron chi connectivity index (χ2n) is 7.79. The lowest BCUT2D eigenvalue weighted by Gasteiger charge is -2.16. The van der Waals surface area contributed by atoms with Crippen molar-refractivity contribution in [3.05, 3.63) is 81.8 Å². The molecular weight excluding hydrogens is 438 g/mol. The van der Waals surface area contributed by atoms with Crippen LogP contribution in [0.3, 0.4) is 0 Å². The summed E-state index contributed by atoms with van der Waals surface area (Å²) in [6.07, 6.45) is 0.254. The zero-order valence-corrected chi connectivity index (χ0v) is 18.9. The topological polar surface area (TPSA) is 117 Å². The standard InChI is InChI=1S/C24H23N5O5/c1-15(22(31)26-18-12-8-7-11-17(18)16-9-5-4-6-10-16)34-19(30)13-29-23(32)20-21(25-14-27(20)2)28(3)24(29)33/h4-12,14-15H,13H2,1-3H3,(H,26,31). The van der Waals surface area contributed by atoms with E-state index in [1.807, 2.05) is 42.5 Å². The number of ether oxygens (including phenoxy) is 1. The van der Waals surface area contributed by atoms with E-state index in [0.29, 0.717) is 5.69 Å². The van der Waals surface area contributed by atoms with Gasteiger partial charge >= 0.3 is 11.7 Å². The summed E-state index contributed by atoms with van der Waals surface area (Å²) < 4.78 is 8.64. The molecule has 4 aromatic rings. The number of anilines is 1. The number of carbonyl (C=O) groups is 2. The molecule has 0 aliphatic heterocycles. The van der Waals surface area contributed by atoms with Crippen molar-refractivity contribution >= 4 is 28.7 Å². The molecule has 2 aromatic carbocycles. The molecule has 34 heavy (non-hydrogen) atoms. The van der Waals surface area contributed by atoms with Crippen LogP contribution in [0.2, 0.25) is 0 Å². The molecule has 1 amide bonds. The normalized spacial score (nSPS) is 11.9. The first kappa shape index (κ1) is 22.7. The monoisotopic (exact) mass is 461 g/mol. The second kappa shape index (κ2) is 9.18. The minimum Gasteiger partial charge on any atom is -0.451 e. The maximum absolute atomic E-state index is 12.8. The number of amides is 1. The number of rotatable bonds is 6. The number of carbonyl (C=O) groups excluding carboxylic acids is 2. The molecular formula is C24H23N5O5. The maximum atomic E-state index is 12.8. The Labute approximate surface area is 194 Å². The molecule has 4 rings (SSSR count). The van der Waals surface area contributed by atoms with Crippen LogP contribution in [-0.4, -0.2) is 36.7 Å². The van der Waals surface area contributed by atoms with Crippen molar-refractivity contribution in [1.29, 1.82) is 0 Å². The lowest BCUT2D eigenvalue weighted by atomic mass is 10.0. The van der Waals surface area contributed by atoms with Gasteiger partial charge in [-0.25, -0.2) is 14.3 Å². The Morgan fingerprint density at radius 1 is 1.03 bits per heavy atom. The number of esters is 1. The van der Waals surface area contributed by atoms with Gasteiger partial charge in [-0.1, -0.05) is 48.5 Å². The molecule has 0 saturated heterocycles. The summed E-state index contributed by atoms with van der Waals surface area (Å²) in [7, 11) is 3.07. The summed E-state index contributed by atoms with van der Waals surface area (Å²) in [4.78, 5) is 54.6. The third-order valence-corrected chi connectivity index (χ3v) is 5.44. The largest absolute Gasteiger partial charge is 0.451 e. The van der Waals surface area contributed by atoms with Crippen molar-refractivity contribution in [2.45, 2.75) is 19.6 Å². The highest BCUT2D eigenvalue weighted by molar-refractivity contribution is 5.98. The SMILES string of the molecule is CC(OC(=O)Cn1c(=O)c2c(ncn2C)n(C)c1=O)C(=O)Nc1ccccc1-c1ccccc1. The van der Waals surface area contributed by atoms with Crippen molar-refractivity contribution < 1.29 is 14.3 Å². The summed E-state index contributed by atoms with van der Waals surface area (Å²) in [5.41, 5.74) is 1.32. The molecule has 2 aromatic heterocycles. The molecule has 0 radical (unpaired) electrons. The molecule has 2 heterocycles. The quantitative estimate of drug-likeness (QED) is 0.437. The number of nitrogens with zero attached hydrogens (tertiary/aromatic N) is 4. The molecule has 10 nitrogen and oxygen atoms in total. The van der Waals surface area contributed by atoms with Crippen LogP contribution in [0.4, 0.5) is 5.69 Å². The zero-order chi connectivity index (χ0) is 24.4. The van der Waals surface area contributed by atoms with E-state index in [9.17, 15) is 19.2 Å². The summed E-state index contributed by atoms with van der Waals surface area (Å²) in [6.45, 7) is 0.786. The Morgan fingerprint density at radius 3 is 2.44 bits per heavy atom. The van der Waals surface area contributed by atoms with Gasteiger partial charge in [-0.05, 0) is 18.6 Å². The van der Waals surface area contributed by atoms with Gasteiger partial charge in [0.25, 0.3) is 11.5 Å². The van der Waals surface area contributed by atoms with Gasteiger partial charge in [-0.3, -0.25) is 19.0 Å². The first-order valence-electron chi connectivity index (χ1n) is 10.5. The number of para-hydroxylation sites is 1. The van der Waals surface area contributed by atoms with Crippen LogP contribution >= 0.6 is 0 Å². The van der Waals surface area contributed by atoms with Crippen molar-refractivity contribution in [1.82, 2.24) is 18.7 Å². The van der Waals surface area contributed by atoms with Crippen molar-refractivity contribution in [2.24, 2.45) is 14.1 Å². The maximum Gasteiger partial charge on any atom is 0.333 e. The average Bonchev–Trinajstić information content (AvgIpc) is 3.23. The Morgan fingerprint density at radius 2 is 1.71 bits per heavy atom. The third-order valence-electron chi connectivity index (χ3n) is 5.44. The van der Waals surface area contributed by atoms with Crippen LogP contribution < -0.4 is 16.6 Å². The number of fused-ring (bicyclic) bond motifs is 1. The van der Waals surface area contributed by atoms with Crippen LogP contribution in [0.15, 0.2) is 70.5 Å². The summed E-state index contributed by atoms with van der Waals surface area (Å²) in [5, 5.41) is 2.78. The number of aromatic nitrogens is 4. The van der Waals surface area contributed by atoms with E-state index in [1.54, 1.807) is 19.2 Å². The van der Waals surface area contributed by atoms with E-state index < -0.39 is 35.8 Å². The highest BCUT2D eigenvalue weighted by Gasteiger charge is 2.22. The molecule has 0 aliphatic carbocycles. The van der Waals surface area contributed by atoms with Crippen molar-refractivity contribution in [3.63, 3.8) is 0 Å². The van der Waals surface area contributed by atoms with Gasteiger partial charge in [-0.15, -0.1) is 0 Å². The van der Waals surface area contributed by atoms with E-state index in [2.05, 4.69) is 10.3 Å². The highest BCUT2D eigenvalue weighted by atomic mass is 16.5. The third kappa shape index (κ3) is 4.25. The summed E-state index contributed by atoms with van der Waals surface area (Å²) in [5.74, 6) is -1.43. The number of aryl methyl sites for hydroxylation is 2. The number of nitrogens with one attached hydrogen (secondary N) is 1. The predicted octanol–water partition coefficient (Wildman–Crippen LogP) is 1.67. The van der Waals surface area contributed by atoms with Crippen molar-refractivity contribution in [2.75, 3.05) is 5.32 Å². The first-order chi connectivity index (χ1) is 16.3. The van der Waals surface area contributed by atoms with E-state index in [4.69, 9.17) is 4.74 Å². The van der Waals surface area contributed by atoms with E-state index in [1.165, 1.54) is 29.4 Å². The molecule has 0 spiro atoms.